The minimum Gasteiger partial charge on any atom is -0.368 e. The molecule has 0 spiro atoms. The number of nitrogens with one attached hydrogen (secondary N) is 2. The molecule has 0 fully saturated rings. The van der Waals surface area contributed by atoms with Crippen molar-refractivity contribution < 1.29 is 4.39 Å². The number of halogens is 1. The average Bonchev–Trinajstić information content (AvgIpc) is 2.82. The van der Waals surface area contributed by atoms with Crippen LogP contribution in [0.15, 0.2) is 24.4 Å². The fraction of sp³-hybridized carbons (Fsp3) is 0.0833. The molecule has 0 unspecified atom stereocenters. The minimum absolute atomic E-state index is 0.0901. The van der Waals surface area contributed by atoms with Crippen LogP contribution >= 0.6 is 0 Å². The smallest absolute Gasteiger partial charge is 0.224 e. The van der Waals surface area contributed by atoms with Gasteiger partial charge in [0.2, 0.25) is 5.95 Å². The number of aromatic amines is 1. The van der Waals surface area contributed by atoms with Crippen molar-refractivity contribution in [2.45, 2.75) is 6.92 Å². The fourth-order valence-electron chi connectivity index (χ4n) is 1.81. The van der Waals surface area contributed by atoms with Gasteiger partial charge in [0.15, 0.2) is 5.65 Å². The highest BCUT2D eigenvalue weighted by Gasteiger charge is 2.10. The number of benzene rings is 1. The predicted octanol–water partition coefficient (Wildman–Crippen LogP) is 2.13. The molecular formula is C12H11FN6. The monoisotopic (exact) mass is 258 g/mol. The molecule has 7 heteroatoms. The molecule has 6 nitrogen and oxygen atoms in total. The second-order valence-electron chi connectivity index (χ2n) is 4.17. The molecule has 2 heterocycles. The summed E-state index contributed by atoms with van der Waals surface area (Å²) in [5, 5.41) is 10.1. The van der Waals surface area contributed by atoms with Crippen LogP contribution in [-0.2, 0) is 0 Å². The molecule has 0 saturated carbocycles. The molecule has 3 aromatic rings. The maximum Gasteiger partial charge on any atom is 0.224 e. The Labute approximate surface area is 107 Å². The van der Waals surface area contributed by atoms with Gasteiger partial charge in [-0.15, -0.1) is 0 Å². The number of hydrogen-bond acceptors (Lipinski definition) is 5. The van der Waals surface area contributed by atoms with Gasteiger partial charge in [0.1, 0.15) is 11.6 Å². The molecule has 0 atom stereocenters. The minimum atomic E-state index is -0.362. The first-order chi connectivity index (χ1) is 9.13. The van der Waals surface area contributed by atoms with Gasteiger partial charge in [-0.1, -0.05) is 6.07 Å². The molecule has 0 bridgehead atoms. The molecule has 4 N–H and O–H groups in total. The van der Waals surface area contributed by atoms with Crippen molar-refractivity contribution in [1.82, 2.24) is 20.2 Å². The number of rotatable bonds is 2. The lowest BCUT2D eigenvalue weighted by Gasteiger charge is -2.08. The van der Waals surface area contributed by atoms with E-state index in [1.807, 2.05) is 6.92 Å². The molecule has 0 saturated heterocycles. The molecule has 19 heavy (non-hydrogen) atoms. The van der Waals surface area contributed by atoms with E-state index in [9.17, 15) is 4.39 Å². The standard InChI is InChI=1S/C12H11FN6/c1-6-2-3-8(13)9(4-6)16-10-7-5-15-19-11(7)18-12(14)17-10/h2-5H,1H3,(H4,14,15,16,17,18,19). The summed E-state index contributed by atoms with van der Waals surface area (Å²) in [5.74, 6) is 0.146. The second-order valence-corrected chi connectivity index (χ2v) is 4.17. The van der Waals surface area contributed by atoms with Crippen LogP contribution in [0.4, 0.5) is 21.8 Å². The molecule has 0 radical (unpaired) electrons. The van der Waals surface area contributed by atoms with Crippen LogP contribution in [0.1, 0.15) is 5.56 Å². The highest BCUT2D eigenvalue weighted by molar-refractivity contribution is 5.88. The normalized spacial score (nSPS) is 10.8. The highest BCUT2D eigenvalue weighted by atomic mass is 19.1. The van der Waals surface area contributed by atoms with Crippen LogP contribution < -0.4 is 11.1 Å². The Bertz CT molecular complexity index is 751. The van der Waals surface area contributed by atoms with E-state index in [0.717, 1.165) is 5.56 Å². The van der Waals surface area contributed by atoms with Gasteiger partial charge in [-0.2, -0.15) is 15.1 Å². The van der Waals surface area contributed by atoms with E-state index < -0.39 is 0 Å². The predicted molar refractivity (Wildman–Crippen MR) is 70.5 cm³/mol. The van der Waals surface area contributed by atoms with Crippen LogP contribution in [0.3, 0.4) is 0 Å². The first kappa shape index (κ1) is 11.4. The number of fused-ring (bicyclic) bond motifs is 1. The van der Waals surface area contributed by atoms with Crippen LogP contribution in [0, 0.1) is 12.7 Å². The summed E-state index contributed by atoms with van der Waals surface area (Å²) in [7, 11) is 0. The number of hydrogen-bond donors (Lipinski definition) is 3. The lowest BCUT2D eigenvalue weighted by molar-refractivity contribution is 0.631. The summed E-state index contributed by atoms with van der Waals surface area (Å²) in [5.41, 5.74) is 7.38. The van der Waals surface area contributed by atoms with Gasteiger partial charge in [-0.3, -0.25) is 5.10 Å². The zero-order chi connectivity index (χ0) is 13.4. The number of nitrogens with zero attached hydrogens (tertiary/aromatic N) is 3. The zero-order valence-corrected chi connectivity index (χ0v) is 10.1. The molecule has 0 aliphatic rings. The van der Waals surface area contributed by atoms with Gasteiger partial charge in [0.05, 0.1) is 17.3 Å². The molecule has 2 aromatic heterocycles. The van der Waals surface area contributed by atoms with E-state index in [1.165, 1.54) is 6.07 Å². The van der Waals surface area contributed by atoms with Gasteiger partial charge in [0, 0.05) is 0 Å². The van der Waals surface area contributed by atoms with Crippen molar-refractivity contribution in [3.05, 3.63) is 35.8 Å². The van der Waals surface area contributed by atoms with E-state index in [-0.39, 0.29) is 11.8 Å². The van der Waals surface area contributed by atoms with Crippen molar-refractivity contribution in [2.75, 3.05) is 11.1 Å². The van der Waals surface area contributed by atoms with E-state index in [1.54, 1.807) is 18.3 Å². The Morgan fingerprint density at radius 1 is 1.32 bits per heavy atom. The average molecular weight is 258 g/mol. The summed E-state index contributed by atoms with van der Waals surface area (Å²) in [4.78, 5) is 8.06. The van der Waals surface area contributed by atoms with Crippen molar-refractivity contribution in [1.29, 1.82) is 0 Å². The topological polar surface area (TPSA) is 92.5 Å². The molecule has 0 amide bonds. The number of aryl methyl sites for hydroxylation is 1. The first-order valence-electron chi connectivity index (χ1n) is 5.63. The van der Waals surface area contributed by atoms with E-state index in [0.29, 0.717) is 22.5 Å². The SMILES string of the molecule is Cc1ccc(F)c(Nc2nc(N)nc3[nH]ncc23)c1. The Hall–Kier alpha value is -2.70. The Balaban J connectivity index is 2.10. The van der Waals surface area contributed by atoms with Crippen molar-refractivity contribution >= 4 is 28.5 Å². The van der Waals surface area contributed by atoms with Gasteiger partial charge in [-0.05, 0) is 24.6 Å². The summed E-state index contributed by atoms with van der Waals surface area (Å²) in [6.07, 6.45) is 1.56. The number of aromatic nitrogens is 4. The number of nitrogens with two attached hydrogens (primary N) is 1. The number of H-pyrrole nitrogens is 1. The fourth-order valence-corrected chi connectivity index (χ4v) is 1.81. The summed E-state index contributed by atoms with van der Waals surface area (Å²) >= 11 is 0. The van der Waals surface area contributed by atoms with Crippen LogP contribution in [-0.4, -0.2) is 20.2 Å². The summed E-state index contributed by atoms with van der Waals surface area (Å²) < 4.78 is 13.7. The van der Waals surface area contributed by atoms with E-state index in [4.69, 9.17) is 5.73 Å². The third-order valence-electron chi connectivity index (χ3n) is 2.70. The zero-order valence-electron chi connectivity index (χ0n) is 10.1. The lowest BCUT2D eigenvalue weighted by atomic mass is 10.2. The Morgan fingerprint density at radius 3 is 3.00 bits per heavy atom. The van der Waals surface area contributed by atoms with Crippen molar-refractivity contribution in [3.63, 3.8) is 0 Å². The molecule has 0 aliphatic carbocycles. The van der Waals surface area contributed by atoms with Gasteiger partial charge < -0.3 is 11.1 Å². The van der Waals surface area contributed by atoms with E-state index >= 15 is 0 Å². The Morgan fingerprint density at radius 2 is 2.16 bits per heavy atom. The highest BCUT2D eigenvalue weighted by Crippen LogP contribution is 2.25. The van der Waals surface area contributed by atoms with Crippen LogP contribution in [0.5, 0.6) is 0 Å². The summed E-state index contributed by atoms with van der Waals surface area (Å²) in [6, 6.07) is 4.79. The molecule has 0 aliphatic heterocycles. The van der Waals surface area contributed by atoms with Crippen LogP contribution in [0.2, 0.25) is 0 Å². The van der Waals surface area contributed by atoms with Crippen LogP contribution in [0.25, 0.3) is 11.0 Å². The number of nitrogen functional groups attached to an aromatic ring is 1. The second kappa shape index (κ2) is 4.20. The van der Waals surface area contributed by atoms with E-state index in [2.05, 4.69) is 25.5 Å². The van der Waals surface area contributed by atoms with Gasteiger partial charge in [0.25, 0.3) is 0 Å². The third-order valence-corrected chi connectivity index (χ3v) is 2.70. The molecule has 96 valence electrons. The molecule has 3 rings (SSSR count). The maximum atomic E-state index is 13.7. The molecule has 1 aromatic carbocycles. The quantitative estimate of drug-likeness (QED) is 0.654. The van der Waals surface area contributed by atoms with Crippen molar-refractivity contribution in [2.24, 2.45) is 0 Å². The van der Waals surface area contributed by atoms with Gasteiger partial charge in [-0.25, -0.2) is 4.39 Å². The largest absolute Gasteiger partial charge is 0.368 e. The molecular weight excluding hydrogens is 247 g/mol. The Kier molecular flexibility index (Phi) is 2.52. The third kappa shape index (κ3) is 2.05. The number of anilines is 3. The first-order valence-corrected chi connectivity index (χ1v) is 5.63. The maximum absolute atomic E-state index is 13.7. The summed E-state index contributed by atoms with van der Waals surface area (Å²) in [6.45, 7) is 1.88. The lowest BCUT2D eigenvalue weighted by Crippen LogP contribution is -2.02. The van der Waals surface area contributed by atoms with Crippen molar-refractivity contribution in [3.8, 4) is 0 Å². The van der Waals surface area contributed by atoms with Gasteiger partial charge >= 0.3 is 0 Å².